The summed E-state index contributed by atoms with van der Waals surface area (Å²) in [6.07, 6.45) is 75.8. The third-order valence-corrected chi connectivity index (χ3v) is 12.6. The minimum absolute atomic E-state index is 0.0857. The van der Waals surface area contributed by atoms with Gasteiger partial charge in [0.25, 0.3) is 0 Å². The van der Waals surface area contributed by atoms with Crippen molar-refractivity contribution in [3.05, 3.63) is 85.1 Å². The molecule has 0 saturated carbocycles. The molecule has 0 fully saturated rings. The number of allylic oxidation sites excluding steroid dienone is 14. The molecule has 0 N–H and O–H groups in total. The Hall–Kier alpha value is -3.41. The Balaban J connectivity index is 4.34. The van der Waals surface area contributed by atoms with Crippen molar-refractivity contribution in [2.45, 2.75) is 290 Å². The molecule has 0 spiro atoms. The van der Waals surface area contributed by atoms with Crippen LogP contribution >= 0.6 is 0 Å². The van der Waals surface area contributed by atoms with E-state index in [1.54, 1.807) is 0 Å². The normalized spacial score (nSPS) is 12.7. The van der Waals surface area contributed by atoms with Crippen LogP contribution in [0.25, 0.3) is 0 Å². The van der Waals surface area contributed by atoms with Gasteiger partial charge in [0.05, 0.1) is 0 Å². The summed E-state index contributed by atoms with van der Waals surface area (Å²) < 4.78 is 16.9. The molecular weight excluding hydrogens is 865 g/mol. The van der Waals surface area contributed by atoms with Gasteiger partial charge in [0.2, 0.25) is 0 Å². The van der Waals surface area contributed by atoms with Crippen molar-refractivity contribution in [3.8, 4) is 0 Å². The van der Waals surface area contributed by atoms with Gasteiger partial charge in [0, 0.05) is 19.3 Å². The molecule has 0 rings (SSSR count). The van der Waals surface area contributed by atoms with Crippen molar-refractivity contribution in [2.24, 2.45) is 0 Å². The highest BCUT2D eigenvalue weighted by Crippen LogP contribution is 2.15. The lowest BCUT2D eigenvalue weighted by Crippen LogP contribution is -2.30. The van der Waals surface area contributed by atoms with Gasteiger partial charge in [-0.1, -0.05) is 241 Å². The van der Waals surface area contributed by atoms with Crippen LogP contribution in [0.15, 0.2) is 85.1 Å². The SMILES string of the molecule is CC/C=C\C/C=C\C/C=C\C/C=C\C/C=C\CCCCCCCCCC(=O)OCC(COC(=O)CCCCCCC/C=C\CCCC)OC(=O)CCCCCCCCC/C=C\CCCCCCCCC. The van der Waals surface area contributed by atoms with Crippen molar-refractivity contribution in [2.75, 3.05) is 13.2 Å². The van der Waals surface area contributed by atoms with Gasteiger partial charge >= 0.3 is 17.9 Å². The van der Waals surface area contributed by atoms with Gasteiger partial charge in [-0.25, -0.2) is 0 Å². The molecule has 0 aromatic carbocycles. The van der Waals surface area contributed by atoms with E-state index in [1.807, 2.05) is 0 Å². The average molecular weight is 976 g/mol. The molecule has 0 aromatic heterocycles. The van der Waals surface area contributed by atoms with E-state index < -0.39 is 6.10 Å². The molecule has 0 aliphatic heterocycles. The molecule has 70 heavy (non-hydrogen) atoms. The molecule has 0 aliphatic carbocycles. The smallest absolute Gasteiger partial charge is 0.306 e. The van der Waals surface area contributed by atoms with Crippen LogP contribution in [-0.2, 0) is 28.6 Å². The van der Waals surface area contributed by atoms with Crippen LogP contribution in [0.1, 0.15) is 284 Å². The van der Waals surface area contributed by atoms with Crippen LogP contribution in [0.3, 0.4) is 0 Å². The third kappa shape index (κ3) is 55.5. The van der Waals surface area contributed by atoms with Crippen LogP contribution in [0.5, 0.6) is 0 Å². The molecule has 6 nitrogen and oxygen atoms in total. The first-order valence-electron chi connectivity index (χ1n) is 29.6. The zero-order valence-electron chi connectivity index (χ0n) is 46.0. The Morgan fingerprint density at radius 1 is 0.300 bits per heavy atom. The van der Waals surface area contributed by atoms with Crippen molar-refractivity contribution >= 4 is 17.9 Å². The van der Waals surface area contributed by atoms with E-state index >= 15 is 0 Å². The number of ether oxygens (including phenoxy) is 3. The van der Waals surface area contributed by atoms with Crippen molar-refractivity contribution in [3.63, 3.8) is 0 Å². The number of esters is 3. The molecule has 6 heteroatoms. The maximum Gasteiger partial charge on any atom is 0.306 e. The van der Waals surface area contributed by atoms with Gasteiger partial charge in [-0.15, -0.1) is 0 Å². The van der Waals surface area contributed by atoms with E-state index in [0.29, 0.717) is 19.3 Å². The maximum atomic E-state index is 12.9. The first-order chi connectivity index (χ1) is 34.5. The molecule has 402 valence electrons. The fourth-order valence-electron chi connectivity index (χ4n) is 8.15. The third-order valence-electron chi connectivity index (χ3n) is 12.6. The number of hydrogen-bond acceptors (Lipinski definition) is 6. The van der Waals surface area contributed by atoms with E-state index in [0.717, 1.165) is 103 Å². The summed E-state index contributed by atoms with van der Waals surface area (Å²) in [6, 6.07) is 0. The number of rotatable bonds is 53. The highest BCUT2D eigenvalue weighted by Gasteiger charge is 2.19. The first kappa shape index (κ1) is 66.6. The number of carbonyl (C=O) groups excluding carboxylic acids is 3. The Kier molecular flexibility index (Phi) is 55.3. The lowest BCUT2D eigenvalue weighted by molar-refractivity contribution is -0.167. The van der Waals surface area contributed by atoms with Gasteiger partial charge in [-0.05, 0) is 109 Å². The predicted molar refractivity (Wildman–Crippen MR) is 302 cm³/mol. The molecule has 0 aromatic rings. The molecule has 1 atom stereocenters. The molecule has 0 bridgehead atoms. The number of hydrogen-bond donors (Lipinski definition) is 0. The van der Waals surface area contributed by atoms with E-state index in [2.05, 4.69) is 106 Å². The summed E-state index contributed by atoms with van der Waals surface area (Å²) in [4.78, 5) is 38.1. The van der Waals surface area contributed by atoms with Crippen molar-refractivity contribution in [1.82, 2.24) is 0 Å². The zero-order chi connectivity index (χ0) is 50.7. The topological polar surface area (TPSA) is 78.9 Å². The van der Waals surface area contributed by atoms with Gasteiger partial charge in [-0.2, -0.15) is 0 Å². The van der Waals surface area contributed by atoms with Crippen molar-refractivity contribution < 1.29 is 28.6 Å². The van der Waals surface area contributed by atoms with Crippen LogP contribution in [0.2, 0.25) is 0 Å². The summed E-state index contributed by atoms with van der Waals surface area (Å²) in [5.41, 5.74) is 0. The monoisotopic (exact) mass is 975 g/mol. The highest BCUT2D eigenvalue weighted by atomic mass is 16.6. The van der Waals surface area contributed by atoms with Crippen LogP contribution in [0, 0.1) is 0 Å². The van der Waals surface area contributed by atoms with Crippen LogP contribution < -0.4 is 0 Å². The lowest BCUT2D eigenvalue weighted by atomic mass is 10.1. The standard InChI is InChI=1S/C64H110O6/c1-4-7-10-13-16-19-22-24-26-28-30-31-32-33-34-36-37-39-42-45-48-51-54-57-63(66)69-60-61(59-68-62(65)56-53-50-47-44-41-21-18-15-12-9-6-3)70-64(67)58-55-52-49-46-43-40-38-35-29-27-25-23-20-17-14-11-8-5-2/h7,10,15-16,18-19,24,26-27,29-31,33-34,61H,4-6,8-9,11-14,17,20-23,25,28,32,35-60H2,1-3H3/b10-7-,18-15-,19-16-,26-24-,29-27-,31-30-,34-33-. The van der Waals surface area contributed by atoms with Crippen LogP contribution in [-0.4, -0.2) is 37.2 Å². The van der Waals surface area contributed by atoms with Gasteiger partial charge in [0.15, 0.2) is 6.10 Å². The average Bonchev–Trinajstić information content (AvgIpc) is 3.36. The van der Waals surface area contributed by atoms with Crippen molar-refractivity contribution in [1.29, 1.82) is 0 Å². The zero-order valence-corrected chi connectivity index (χ0v) is 46.0. The summed E-state index contributed by atoms with van der Waals surface area (Å²) >= 11 is 0. The molecule has 0 heterocycles. The summed E-state index contributed by atoms with van der Waals surface area (Å²) in [5.74, 6) is -0.904. The highest BCUT2D eigenvalue weighted by molar-refractivity contribution is 5.71. The molecule has 0 amide bonds. The fraction of sp³-hybridized carbons (Fsp3) is 0.734. The molecular formula is C64H110O6. The number of unbranched alkanes of at least 4 members (excludes halogenated alkanes) is 28. The molecule has 0 saturated heterocycles. The van der Waals surface area contributed by atoms with E-state index in [1.165, 1.54) is 141 Å². The molecule has 1 unspecified atom stereocenters. The summed E-state index contributed by atoms with van der Waals surface area (Å²) in [5, 5.41) is 0. The second-order valence-corrected chi connectivity index (χ2v) is 19.5. The van der Waals surface area contributed by atoms with Gasteiger partial charge < -0.3 is 14.2 Å². The Labute approximate surface area is 433 Å². The minimum Gasteiger partial charge on any atom is -0.462 e. The molecule has 0 radical (unpaired) electrons. The van der Waals surface area contributed by atoms with Crippen LogP contribution in [0.4, 0.5) is 0 Å². The summed E-state index contributed by atoms with van der Waals surface area (Å²) in [6.45, 7) is 6.48. The summed E-state index contributed by atoms with van der Waals surface area (Å²) in [7, 11) is 0. The quantitative estimate of drug-likeness (QED) is 0.0261. The maximum absolute atomic E-state index is 12.9. The Morgan fingerprint density at radius 2 is 0.571 bits per heavy atom. The van der Waals surface area contributed by atoms with E-state index in [4.69, 9.17) is 14.2 Å². The first-order valence-corrected chi connectivity index (χ1v) is 29.6. The Bertz CT molecular complexity index is 1350. The van der Waals surface area contributed by atoms with Gasteiger partial charge in [0.1, 0.15) is 13.2 Å². The second kappa shape index (κ2) is 58.2. The van der Waals surface area contributed by atoms with E-state index in [-0.39, 0.29) is 31.1 Å². The minimum atomic E-state index is -0.787. The number of carbonyl (C=O) groups is 3. The predicted octanol–water partition coefficient (Wildman–Crippen LogP) is 19.9. The van der Waals surface area contributed by atoms with Gasteiger partial charge in [-0.3, -0.25) is 14.4 Å². The van der Waals surface area contributed by atoms with E-state index in [9.17, 15) is 14.4 Å². The lowest BCUT2D eigenvalue weighted by Gasteiger charge is -2.18. The second-order valence-electron chi connectivity index (χ2n) is 19.5. The fourth-order valence-corrected chi connectivity index (χ4v) is 8.15. The molecule has 0 aliphatic rings. The largest absolute Gasteiger partial charge is 0.462 e. The Morgan fingerprint density at radius 3 is 0.929 bits per heavy atom.